The van der Waals surface area contributed by atoms with E-state index in [1.165, 1.54) is 6.42 Å². The van der Waals surface area contributed by atoms with E-state index in [1.807, 2.05) is 16.8 Å². The van der Waals surface area contributed by atoms with Gasteiger partial charge in [-0.3, -0.25) is 0 Å². The third-order valence-electron chi connectivity index (χ3n) is 3.00. The van der Waals surface area contributed by atoms with E-state index in [4.69, 9.17) is 4.74 Å². The molecule has 0 unspecified atom stereocenters. The topological polar surface area (TPSA) is 27.1 Å². The molecule has 2 aromatic rings. The number of ether oxygens (including phenoxy) is 1. The van der Waals surface area contributed by atoms with Crippen LogP contribution in [0.1, 0.15) is 25.5 Å². The maximum absolute atomic E-state index is 5.77. The van der Waals surface area contributed by atoms with Crippen molar-refractivity contribution in [2.75, 3.05) is 6.61 Å². The van der Waals surface area contributed by atoms with Crippen LogP contribution in [0.3, 0.4) is 0 Å². The smallest absolute Gasteiger partial charge is 0.150 e. The molecule has 1 aromatic heterocycles. The van der Waals surface area contributed by atoms with E-state index >= 15 is 0 Å². The highest BCUT2D eigenvalue weighted by Crippen LogP contribution is 2.29. The standard InChI is InChI=1S/C12H13BrN2O/c13-12-9-5-1-2-6-10(9)15(14-12)11-7-3-4-8-16-11/h1-2,5-6,11H,3-4,7-8H2/t11-/m0/s1. The van der Waals surface area contributed by atoms with Crippen molar-refractivity contribution < 1.29 is 4.74 Å². The first kappa shape index (κ1) is 10.3. The van der Waals surface area contributed by atoms with Gasteiger partial charge < -0.3 is 4.74 Å². The Morgan fingerprint density at radius 2 is 2.19 bits per heavy atom. The molecule has 0 aliphatic carbocycles. The van der Waals surface area contributed by atoms with Crippen LogP contribution in [-0.4, -0.2) is 16.4 Å². The van der Waals surface area contributed by atoms with Gasteiger partial charge in [0, 0.05) is 12.0 Å². The van der Waals surface area contributed by atoms with Crippen molar-refractivity contribution in [2.45, 2.75) is 25.5 Å². The first-order chi connectivity index (χ1) is 7.86. The molecule has 1 fully saturated rings. The summed E-state index contributed by atoms with van der Waals surface area (Å²) in [7, 11) is 0. The van der Waals surface area contributed by atoms with Crippen LogP contribution >= 0.6 is 15.9 Å². The summed E-state index contributed by atoms with van der Waals surface area (Å²) in [6, 6.07) is 8.23. The summed E-state index contributed by atoms with van der Waals surface area (Å²) >= 11 is 3.50. The summed E-state index contributed by atoms with van der Waals surface area (Å²) in [6.45, 7) is 0.844. The molecule has 1 aliphatic heterocycles. The molecule has 16 heavy (non-hydrogen) atoms. The van der Waals surface area contributed by atoms with Gasteiger partial charge in [0.25, 0.3) is 0 Å². The number of nitrogens with zero attached hydrogens (tertiary/aromatic N) is 2. The number of halogens is 1. The number of benzene rings is 1. The van der Waals surface area contributed by atoms with E-state index in [9.17, 15) is 0 Å². The van der Waals surface area contributed by atoms with Gasteiger partial charge in [-0.15, -0.1) is 0 Å². The molecule has 0 N–H and O–H groups in total. The summed E-state index contributed by atoms with van der Waals surface area (Å²) in [5, 5.41) is 5.67. The zero-order valence-corrected chi connectivity index (χ0v) is 10.5. The lowest BCUT2D eigenvalue weighted by Crippen LogP contribution is -2.18. The van der Waals surface area contributed by atoms with Gasteiger partial charge in [0.05, 0.1) is 5.52 Å². The van der Waals surface area contributed by atoms with Crippen molar-refractivity contribution in [3.8, 4) is 0 Å². The summed E-state index contributed by atoms with van der Waals surface area (Å²) in [6.07, 6.45) is 3.54. The van der Waals surface area contributed by atoms with E-state index in [2.05, 4.69) is 33.2 Å². The van der Waals surface area contributed by atoms with Crippen LogP contribution in [0.25, 0.3) is 10.9 Å². The summed E-state index contributed by atoms with van der Waals surface area (Å²) in [5.41, 5.74) is 1.14. The van der Waals surface area contributed by atoms with Gasteiger partial charge in [-0.2, -0.15) is 5.10 Å². The molecule has 3 nitrogen and oxygen atoms in total. The first-order valence-corrected chi connectivity index (χ1v) is 6.40. The van der Waals surface area contributed by atoms with E-state index in [0.29, 0.717) is 0 Å². The number of hydrogen-bond acceptors (Lipinski definition) is 2. The van der Waals surface area contributed by atoms with Crippen LogP contribution in [0.4, 0.5) is 0 Å². The molecule has 1 saturated heterocycles. The van der Waals surface area contributed by atoms with Gasteiger partial charge in [0.1, 0.15) is 4.60 Å². The first-order valence-electron chi connectivity index (χ1n) is 5.60. The fraction of sp³-hybridized carbons (Fsp3) is 0.417. The highest BCUT2D eigenvalue weighted by Gasteiger charge is 2.19. The zero-order valence-electron chi connectivity index (χ0n) is 8.90. The van der Waals surface area contributed by atoms with Gasteiger partial charge in [0.15, 0.2) is 6.23 Å². The molecule has 1 aliphatic rings. The fourth-order valence-corrected chi connectivity index (χ4v) is 2.69. The lowest BCUT2D eigenvalue weighted by Gasteiger charge is -2.23. The highest BCUT2D eigenvalue weighted by atomic mass is 79.9. The average molecular weight is 281 g/mol. The van der Waals surface area contributed by atoms with Crippen LogP contribution in [-0.2, 0) is 4.74 Å². The number of para-hydroxylation sites is 1. The second-order valence-electron chi connectivity index (χ2n) is 4.07. The van der Waals surface area contributed by atoms with Gasteiger partial charge in [-0.1, -0.05) is 18.2 Å². The Labute approximate surface area is 103 Å². The third kappa shape index (κ3) is 1.66. The Morgan fingerprint density at radius 1 is 1.31 bits per heavy atom. The third-order valence-corrected chi connectivity index (χ3v) is 3.58. The summed E-state index contributed by atoms with van der Waals surface area (Å²) in [4.78, 5) is 0. The molecule has 1 aromatic carbocycles. The van der Waals surface area contributed by atoms with Crippen LogP contribution in [0.15, 0.2) is 28.9 Å². The Hall–Kier alpha value is -0.870. The second-order valence-corrected chi connectivity index (χ2v) is 4.82. The van der Waals surface area contributed by atoms with Gasteiger partial charge >= 0.3 is 0 Å². The monoisotopic (exact) mass is 280 g/mol. The van der Waals surface area contributed by atoms with Crippen molar-refractivity contribution in [1.82, 2.24) is 9.78 Å². The molecule has 0 bridgehead atoms. The Bertz CT molecular complexity index is 503. The molecule has 0 radical (unpaired) electrons. The quantitative estimate of drug-likeness (QED) is 0.800. The van der Waals surface area contributed by atoms with Crippen molar-refractivity contribution >= 4 is 26.8 Å². The van der Waals surface area contributed by atoms with Crippen molar-refractivity contribution in [3.05, 3.63) is 28.9 Å². The highest BCUT2D eigenvalue weighted by molar-refractivity contribution is 9.10. The largest absolute Gasteiger partial charge is 0.356 e. The Balaban J connectivity index is 2.08. The number of aromatic nitrogens is 2. The fourth-order valence-electron chi connectivity index (χ4n) is 2.19. The molecular formula is C12H13BrN2O. The van der Waals surface area contributed by atoms with Crippen LogP contribution < -0.4 is 0 Å². The minimum absolute atomic E-state index is 0.102. The Morgan fingerprint density at radius 3 is 3.00 bits per heavy atom. The molecule has 0 spiro atoms. The van der Waals surface area contributed by atoms with E-state index < -0.39 is 0 Å². The number of fused-ring (bicyclic) bond motifs is 1. The van der Waals surface area contributed by atoms with E-state index in [1.54, 1.807) is 0 Å². The normalized spacial score (nSPS) is 21.4. The predicted molar refractivity (Wildman–Crippen MR) is 66.3 cm³/mol. The van der Waals surface area contributed by atoms with Crippen LogP contribution in [0.2, 0.25) is 0 Å². The predicted octanol–water partition coefficient (Wildman–Crippen LogP) is 3.50. The number of rotatable bonds is 1. The number of hydrogen-bond donors (Lipinski definition) is 0. The molecule has 0 amide bonds. The maximum atomic E-state index is 5.77. The minimum atomic E-state index is 0.102. The molecule has 1 atom stereocenters. The summed E-state index contributed by atoms with van der Waals surface area (Å²) in [5.74, 6) is 0. The van der Waals surface area contributed by atoms with Gasteiger partial charge in [-0.05, 0) is 41.3 Å². The SMILES string of the molecule is Brc1nn([C@@H]2CCCCO2)c2ccccc12. The molecule has 2 heterocycles. The minimum Gasteiger partial charge on any atom is -0.356 e. The van der Waals surface area contributed by atoms with Gasteiger partial charge in [0.2, 0.25) is 0 Å². The average Bonchev–Trinajstić information content (AvgIpc) is 2.69. The van der Waals surface area contributed by atoms with E-state index in [-0.39, 0.29) is 6.23 Å². The molecule has 84 valence electrons. The van der Waals surface area contributed by atoms with Crippen molar-refractivity contribution in [2.24, 2.45) is 0 Å². The van der Waals surface area contributed by atoms with Crippen molar-refractivity contribution in [1.29, 1.82) is 0 Å². The summed E-state index contributed by atoms with van der Waals surface area (Å²) < 4.78 is 8.66. The van der Waals surface area contributed by atoms with Crippen LogP contribution in [0, 0.1) is 0 Å². The molecular weight excluding hydrogens is 268 g/mol. The van der Waals surface area contributed by atoms with E-state index in [0.717, 1.165) is 35.0 Å². The lowest BCUT2D eigenvalue weighted by atomic mass is 10.2. The van der Waals surface area contributed by atoms with Crippen LogP contribution in [0.5, 0.6) is 0 Å². The Kier molecular flexibility index (Phi) is 2.69. The van der Waals surface area contributed by atoms with Crippen molar-refractivity contribution in [3.63, 3.8) is 0 Å². The molecule has 0 saturated carbocycles. The van der Waals surface area contributed by atoms with Gasteiger partial charge in [-0.25, -0.2) is 4.68 Å². The second kappa shape index (κ2) is 4.18. The lowest BCUT2D eigenvalue weighted by molar-refractivity contribution is -0.0368. The molecule has 4 heteroatoms. The maximum Gasteiger partial charge on any atom is 0.150 e. The molecule has 3 rings (SSSR count). The zero-order chi connectivity index (χ0) is 11.0.